The third-order valence-electron chi connectivity index (χ3n) is 4.13. The van der Waals surface area contributed by atoms with Crippen LogP contribution in [0.15, 0.2) is 12.1 Å². The molecule has 0 fully saturated rings. The van der Waals surface area contributed by atoms with Crippen molar-refractivity contribution >= 4 is 5.78 Å². The first-order chi connectivity index (χ1) is 9.86. The van der Waals surface area contributed by atoms with Crippen LogP contribution in [0, 0.1) is 20.8 Å². The highest BCUT2D eigenvalue weighted by Crippen LogP contribution is 2.25. The molecular weight excluding hydrogens is 258 g/mol. The van der Waals surface area contributed by atoms with Gasteiger partial charge >= 0.3 is 0 Å². The van der Waals surface area contributed by atoms with Crippen LogP contribution in [-0.4, -0.2) is 11.8 Å². The molecule has 1 N–H and O–H groups in total. The molecule has 21 heavy (non-hydrogen) atoms. The van der Waals surface area contributed by atoms with E-state index < -0.39 is 0 Å². The number of rotatable bonds is 8. The fourth-order valence-electron chi connectivity index (χ4n) is 3.12. The molecule has 2 unspecified atom stereocenters. The monoisotopic (exact) mass is 289 g/mol. The van der Waals surface area contributed by atoms with E-state index in [2.05, 4.69) is 52.1 Å². The minimum Gasteiger partial charge on any atom is -0.301 e. The normalized spacial score (nSPS) is 14.0. The third-order valence-corrected chi connectivity index (χ3v) is 4.13. The Morgan fingerprint density at radius 1 is 1.14 bits per heavy atom. The molecule has 0 aliphatic rings. The van der Waals surface area contributed by atoms with Crippen LogP contribution in [0.5, 0.6) is 0 Å². The number of nitrogens with one attached hydrogen (secondary N) is 1. The highest BCUT2D eigenvalue weighted by molar-refractivity contribution is 5.83. The molecule has 0 aliphatic carbocycles. The van der Waals surface area contributed by atoms with Crippen molar-refractivity contribution in [1.29, 1.82) is 0 Å². The summed E-state index contributed by atoms with van der Waals surface area (Å²) in [5.41, 5.74) is 4.84. The largest absolute Gasteiger partial charge is 0.301 e. The number of hydrogen-bond donors (Lipinski definition) is 1. The predicted molar refractivity (Wildman–Crippen MR) is 90.8 cm³/mol. The number of hydrogen-bond acceptors (Lipinski definition) is 2. The van der Waals surface area contributed by atoms with Crippen LogP contribution >= 0.6 is 0 Å². The lowest BCUT2D eigenvalue weighted by Crippen LogP contribution is -2.35. The van der Waals surface area contributed by atoms with Crippen molar-refractivity contribution < 1.29 is 4.79 Å². The molecule has 1 rings (SSSR count). The Bertz CT molecular complexity index is 455. The summed E-state index contributed by atoms with van der Waals surface area (Å²) < 4.78 is 0. The number of carbonyl (C=O) groups excluding carboxylic acids is 1. The Kier molecular flexibility index (Phi) is 7.10. The Balaban J connectivity index is 2.90. The summed E-state index contributed by atoms with van der Waals surface area (Å²) in [5, 5.41) is 3.54. The molecule has 0 saturated carbocycles. The lowest BCUT2D eigenvalue weighted by Gasteiger charge is -2.25. The SMILES string of the molecule is CCCCCC(C)NC(C(C)=O)c1c(C)cc(C)cc1C. The maximum Gasteiger partial charge on any atom is 0.151 e. The summed E-state index contributed by atoms with van der Waals surface area (Å²) in [6.07, 6.45) is 4.85. The highest BCUT2D eigenvalue weighted by atomic mass is 16.1. The van der Waals surface area contributed by atoms with E-state index in [1.54, 1.807) is 6.92 Å². The first-order valence-corrected chi connectivity index (χ1v) is 8.21. The van der Waals surface area contributed by atoms with Crippen molar-refractivity contribution in [2.75, 3.05) is 0 Å². The molecule has 0 spiro atoms. The van der Waals surface area contributed by atoms with Gasteiger partial charge in [-0.05, 0) is 57.7 Å². The second kappa shape index (κ2) is 8.33. The minimum atomic E-state index is -0.178. The van der Waals surface area contributed by atoms with Crippen molar-refractivity contribution in [3.05, 3.63) is 34.4 Å². The lowest BCUT2D eigenvalue weighted by molar-refractivity contribution is -0.119. The maximum absolute atomic E-state index is 12.1. The third kappa shape index (κ3) is 5.28. The summed E-state index contributed by atoms with van der Waals surface area (Å²) in [7, 11) is 0. The molecule has 2 heteroatoms. The molecule has 0 bridgehead atoms. The molecule has 0 amide bonds. The average Bonchev–Trinajstić information content (AvgIpc) is 2.36. The van der Waals surface area contributed by atoms with E-state index in [-0.39, 0.29) is 11.8 Å². The lowest BCUT2D eigenvalue weighted by atomic mass is 9.91. The molecule has 0 radical (unpaired) electrons. The molecule has 2 atom stereocenters. The van der Waals surface area contributed by atoms with Crippen LogP contribution < -0.4 is 5.32 Å². The van der Waals surface area contributed by atoms with Gasteiger partial charge in [-0.3, -0.25) is 4.79 Å². The van der Waals surface area contributed by atoms with Crippen LogP contribution in [0.25, 0.3) is 0 Å². The van der Waals surface area contributed by atoms with Gasteiger partial charge in [0.1, 0.15) is 0 Å². The van der Waals surface area contributed by atoms with Crippen molar-refractivity contribution in [3.63, 3.8) is 0 Å². The Morgan fingerprint density at radius 3 is 2.19 bits per heavy atom. The molecule has 2 nitrogen and oxygen atoms in total. The van der Waals surface area contributed by atoms with Gasteiger partial charge in [0.15, 0.2) is 5.78 Å². The second-order valence-corrected chi connectivity index (χ2v) is 6.42. The van der Waals surface area contributed by atoms with Crippen LogP contribution in [-0.2, 0) is 4.79 Å². The molecule has 0 aromatic heterocycles. The van der Waals surface area contributed by atoms with Gasteiger partial charge in [0, 0.05) is 6.04 Å². The minimum absolute atomic E-state index is 0.178. The standard InChI is InChI=1S/C19H31NO/c1-7-8-9-10-16(5)20-19(17(6)21)18-14(3)11-13(2)12-15(18)4/h11-12,16,19-20H,7-10H2,1-6H3. The first kappa shape index (κ1) is 17.9. The molecule has 0 heterocycles. The highest BCUT2D eigenvalue weighted by Gasteiger charge is 2.22. The molecule has 1 aromatic rings. The van der Waals surface area contributed by atoms with Gasteiger partial charge in [0.2, 0.25) is 0 Å². The van der Waals surface area contributed by atoms with E-state index in [1.807, 2.05) is 0 Å². The first-order valence-electron chi connectivity index (χ1n) is 8.21. The van der Waals surface area contributed by atoms with Gasteiger partial charge in [0.25, 0.3) is 0 Å². The van der Waals surface area contributed by atoms with E-state index in [9.17, 15) is 4.79 Å². The van der Waals surface area contributed by atoms with Gasteiger partial charge < -0.3 is 5.32 Å². The molecular formula is C19H31NO. The summed E-state index contributed by atoms with van der Waals surface area (Å²) in [4.78, 5) is 12.1. The fraction of sp³-hybridized carbons (Fsp3) is 0.632. The van der Waals surface area contributed by atoms with Gasteiger partial charge in [-0.15, -0.1) is 0 Å². The van der Waals surface area contributed by atoms with Crippen LogP contribution in [0.3, 0.4) is 0 Å². The summed E-state index contributed by atoms with van der Waals surface area (Å²) in [6, 6.07) is 4.52. The Morgan fingerprint density at radius 2 is 1.71 bits per heavy atom. The maximum atomic E-state index is 12.1. The summed E-state index contributed by atoms with van der Waals surface area (Å²) in [6.45, 7) is 12.4. The molecule has 118 valence electrons. The van der Waals surface area contributed by atoms with Crippen molar-refractivity contribution in [1.82, 2.24) is 5.32 Å². The molecule has 0 saturated heterocycles. The fourth-order valence-corrected chi connectivity index (χ4v) is 3.12. The smallest absolute Gasteiger partial charge is 0.151 e. The second-order valence-electron chi connectivity index (χ2n) is 6.42. The zero-order valence-corrected chi connectivity index (χ0v) is 14.5. The van der Waals surface area contributed by atoms with Crippen molar-refractivity contribution in [2.24, 2.45) is 0 Å². The van der Waals surface area contributed by atoms with Gasteiger partial charge in [-0.1, -0.05) is 43.9 Å². The van der Waals surface area contributed by atoms with Crippen LogP contribution in [0.1, 0.15) is 74.8 Å². The number of benzene rings is 1. The quantitative estimate of drug-likeness (QED) is 0.696. The molecule has 0 aliphatic heterocycles. The van der Waals surface area contributed by atoms with Crippen molar-refractivity contribution in [3.8, 4) is 0 Å². The Hall–Kier alpha value is -1.15. The van der Waals surface area contributed by atoms with E-state index in [1.165, 1.54) is 36.0 Å². The predicted octanol–water partition coefficient (Wildman–Crippen LogP) is 4.80. The topological polar surface area (TPSA) is 29.1 Å². The van der Waals surface area contributed by atoms with E-state index in [0.29, 0.717) is 6.04 Å². The zero-order valence-electron chi connectivity index (χ0n) is 14.5. The average molecular weight is 289 g/mol. The van der Waals surface area contributed by atoms with Crippen LogP contribution in [0.2, 0.25) is 0 Å². The summed E-state index contributed by atoms with van der Waals surface area (Å²) in [5.74, 6) is 0.201. The van der Waals surface area contributed by atoms with E-state index >= 15 is 0 Å². The zero-order chi connectivity index (χ0) is 16.0. The molecule has 1 aromatic carbocycles. The number of unbranched alkanes of at least 4 members (excludes halogenated alkanes) is 2. The Labute approximate surface area is 130 Å². The number of ketones is 1. The number of carbonyl (C=O) groups is 1. The number of Topliss-reactive ketones (excluding diaryl/α,β-unsaturated/α-hetero) is 1. The van der Waals surface area contributed by atoms with Crippen molar-refractivity contribution in [2.45, 2.75) is 79.3 Å². The van der Waals surface area contributed by atoms with Gasteiger partial charge in [0.05, 0.1) is 6.04 Å². The van der Waals surface area contributed by atoms with E-state index in [4.69, 9.17) is 0 Å². The summed E-state index contributed by atoms with van der Waals surface area (Å²) >= 11 is 0. The van der Waals surface area contributed by atoms with Crippen LogP contribution in [0.4, 0.5) is 0 Å². The van der Waals surface area contributed by atoms with Gasteiger partial charge in [-0.2, -0.15) is 0 Å². The number of aryl methyl sites for hydroxylation is 3. The van der Waals surface area contributed by atoms with E-state index in [0.717, 1.165) is 12.0 Å². The van der Waals surface area contributed by atoms with Gasteiger partial charge in [-0.25, -0.2) is 0 Å².